The lowest BCUT2D eigenvalue weighted by Gasteiger charge is -2.21. The third-order valence-corrected chi connectivity index (χ3v) is 5.70. The van der Waals surface area contributed by atoms with Gasteiger partial charge in [0.05, 0.1) is 16.7 Å². The topological polar surface area (TPSA) is 91.6 Å². The number of rotatable bonds is 5. The number of nitrogens with zero attached hydrogens (tertiary/aromatic N) is 4. The molecule has 0 radical (unpaired) electrons. The summed E-state index contributed by atoms with van der Waals surface area (Å²) in [6.45, 7) is 3.57. The van der Waals surface area contributed by atoms with Crippen LogP contribution in [0.4, 0.5) is 17.1 Å². The summed E-state index contributed by atoms with van der Waals surface area (Å²) in [5, 5.41) is 14.9. The average molecular weight is 431 g/mol. The third-order valence-electron chi connectivity index (χ3n) is 5.70. The van der Waals surface area contributed by atoms with Crippen LogP contribution in [0, 0.1) is 10.1 Å². The number of likely N-dealkylation sites (N-methyl/N-ethyl adjacent to an activating group) is 1. The minimum Gasteiger partial charge on any atom is -0.373 e. The number of amides is 1. The maximum absolute atomic E-state index is 13.3. The van der Waals surface area contributed by atoms with Crippen LogP contribution in [0.3, 0.4) is 0 Å². The number of para-hydroxylation sites is 1. The number of nitro groups is 1. The maximum atomic E-state index is 13.3. The van der Waals surface area contributed by atoms with E-state index < -0.39 is 4.92 Å². The standard InChI is InChI=1S/C24H25N5O3/c1-17(20-8-5-6-12-25-20)26-21-11-10-18(15-23(21)29(31)32)24(30)28-14-13-27(2)22-9-4-3-7-19(22)16-28/h3-12,15,17,26H,13-14,16H2,1-2H3. The van der Waals surface area contributed by atoms with Gasteiger partial charge in [-0.3, -0.25) is 19.9 Å². The summed E-state index contributed by atoms with van der Waals surface area (Å²) in [6.07, 6.45) is 1.68. The Morgan fingerprint density at radius 3 is 2.66 bits per heavy atom. The molecular formula is C24H25N5O3. The van der Waals surface area contributed by atoms with Crippen LogP contribution in [0.15, 0.2) is 66.9 Å². The van der Waals surface area contributed by atoms with Crippen molar-refractivity contribution in [3.05, 3.63) is 93.8 Å². The van der Waals surface area contributed by atoms with Crippen LogP contribution in [-0.2, 0) is 6.54 Å². The van der Waals surface area contributed by atoms with Gasteiger partial charge in [0.25, 0.3) is 11.6 Å². The van der Waals surface area contributed by atoms with Gasteiger partial charge in [0, 0.05) is 50.2 Å². The number of aromatic nitrogens is 1. The molecule has 3 aromatic rings. The van der Waals surface area contributed by atoms with Crippen LogP contribution in [0.25, 0.3) is 0 Å². The molecule has 2 heterocycles. The van der Waals surface area contributed by atoms with E-state index in [1.54, 1.807) is 23.2 Å². The number of carbonyl (C=O) groups is 1. The molecule has 0 saturated carbocycles. The molecule has 1 N–H and O–H groups in total. The molecule has 32 heavy (non-hydrogen) atoms. The van der Waals surface area contributed by atoms with E-state index in [2.05, 4.69) is 15.2 Å². The normalized spacial score (nSPS) is 14.3. The Hall–Kier alpha value is -3.94. The zero-order valence-electron chi connectivity index (χ0n) is 18.1. The monoisotopic (exact) mass is 431 g/mol. The number of carbonyl (C=O) groups excluding carboxylic acids is 1. The SMILES string of the molecule is CC(Nc1ccc(C(=O)N2CCN(C)c3ccccc3C2)cc1[N+](=O)[O-])c1ccccn1. The molecule has 1 amide bonds. The van der Waals surface area contributed by atoms with Crippen LogP contribution >= 0.6 is 0 Å². The van der Waals surface area contributed by atoms with Gasteiger partial charge in [-0.15, -0.1) is 0 Å². The largest absolute Gasteiger partial charge is 0.373 e. The van der Waals surface area contributed by atoms with Crippen LogP contribution in [0.5, 0.6) is 0 Å². The lowest BCUT2D eigenvalue weighted by Crippen LogP contribution is -2.34. The van der Waals surface area contributed by atoms with Gasteiger partial charge in [0.15, 0.2) is 0 Å². The molecule has 4 rings (SSSR count). The van der Waals surface area contributed by atoms with Gasteiger partial charge in [-0.1, -0.05) is 24.3 Å². The summed E-state index contributed by atoms with van der Waals surface area (Å²) in [6, 6.07) is 17.9. The fourth-order valence-corrected chi connectivity index (χ4v) is 3.93. The smallest absolute Gasteiger partial charge is 0.293 e. The first-order chi connectivity index (χ1) is 15.4. The average Bonchev–Trinajstić information content (AvgIpc) is 2.98. The Labute approximate surface area is 186 Å². The van der Waals surface area contributed by atoms with Crippen molar-refractivity contribution in [3.63, 3.8) is 0 Å². The van der Waals surface area contributed by atoms with E-state index in [9.17, 15) is 14.9 Å². The van der Waals surface area contributed by atoms with E-state index in [1.165, 1.54) is 6.07 Å². The molecule has 8 heteroatoms. The third kappa shape index (κ3) is 4.39. The Bertz CT molecular complexity index is 1140. The molecule has 0 spiro atoms. The second kappa shape index (κ2) is 9.05. The van der Waals surface area contributed by atoms with Gasteiger partial charge >= 0.3 is 0 Å². The van der Waals surface area contributed by atoms with E-state index in [-0.39, 0.29) is 17.6 Å². The van der Waals surface area contributed by atoms with Crippen molar-refractivity contribution < 1.29 is 9.72 Å². The van der Waals surface area contributed by atoms with Gasteiger partial charge in [-0.25, -0.2) is 0 Å². The first kappa shape index (κ1) is 21.3. The van der Waals surface area contributed by atoms with Crippen molar-refractivity contribution in [1.29, 1.82) is 0 Å². The van der Waals surface area contributed by atoms with Gasteiger partial charge in [0.1, 0.15) is 5.69 Å². The van der Waals surface area contributed by atoms with Gasteiger partial charge in [-0.2, -0.15) is 0 Å². The van der Waals surface area contributed by atoms with Crippen LogP contribution < -0.4 is 10.2 Å². The number of nitro benzene ring substituents is 1. The summed E-state index contributed by atoms with van der Waals surface area (Å²) < 4.78 is 0. The summed E-state index contributed by atoms with van der Waals surface area (Å²) in [4.78, 5) is 32.7. The fourth-order valence-electron chi connectivity index (χ4n) is 3.93. The molecule has 0 bridgehead atoms. The predicted molar refractivity (Wildman–Crippen MR) is 124 cm³/mol. The lowest BCUT2D eigenvalue weighted by molar-refractivity contribution is -0.384. The fraction of sp³-hybridized carbons (Fsp3) is 0.250. The molecule has 164 valence electrons. The predicted octanol–water partition coefficient (Wildman–Crippen LogP) is 4.26. The highest BCUT2D eigenvalue weighted by Crippen LogP contribution is 2.30. The Morgan fingerprint density at radius 1 is 1.12 bits per heavy atom. The van der Waals surface area contributed by atoms with Gasteiger partial charge in [0.2, 0.25) is 0 Å². The number of pyridine rings is 1. The highest BCUT2D eigenvalue weighted by atomic mass is 16.6. The number of benzene rings is 2. The number of fused-ring (bicyclic) bond motifs is 1. The van der Waals surface area contributed by atoms with Crippen molar-refractivity contribution >= 4 is 23.0 Å². The maximum Gasteiger partial charge on any atom is 0.293 e. The second-order valence-corrected chi connectivity index (χ2v) is 7.89. The van der Waals surface area contributed by atoms with E-state index in [0.717, 1.165) is 16.9 Å². The molecule has 2 aromatic carbocycles. The zero-order chi connectivity index (χ0) is 22.7. The van der Waals surface area contributed by atoms with Crippen molar-refractivity contribution in [2.24, 2.45) is 0 Å². The van der Waals surface area contributed by atoms with Crippen LogP contribution in [-0.4, -0.2) is 40.9 Å². The summed E-state index contributed by atoms with van der Waals surface area (Å²) >= 11 is 0. The Morgan fingerprint density at radius 2 is 1.91 bits per heavy atom. The molecule has 1 atom stereocenters. The minimum atomic E-state index is -0.463. The quantitative estimate of drug-likeness (QED) is 0.480. The van der Waals surface area contributed by atoms with Crippen molar-refractivity contribution in [2.75, 3.05) is 30.4 Å². The molecule has 1 aliphatic heterocycles. The van der Waals surface area contributed by atoms with Crippen molar-refractivity contribution in [2.45, 2.75) is 19.5 Å². The van der Waals surface area contributed by atoms with E-state index >= 15 is 0 Å². The molecule has 0 saturated heterocycles. The summed E-state index contributed by atoms with van der Waals surface area (Å²) in [7, 11) is 2.00. The zero-order valence-corrected chi connectivity index (χ0v) is 18.1. The molecule has 8 nitrogen and oxygen atoms in total. The molecular weight excluding hydrogens is 406 g/mol. The summed E-state index contributed by atoms with van der Waals surface area (Å²) in [5.41, 5.74) is 3.44. The number of nitrogens with one attached hydrogen (secondary N) is 1. The Balaban J connectivity index is 1.58. The highest BCUT2D eigenvalue weighted by molar-refractivity contribution is 5.96. The molecule has 1 aliphatic rings. The Kier molecular flexibility index (Phi) is 6.02. The van der Waals surface area contributed by atoms with Crippen LogP contribution in [0.2, 0.25) is 0 Å². The molecule has 1 aromatic heterocycles. The minimum absolute atomic E-state index is 0.133. The van der Waals surface area contributed by atoms with Crippen LogP contribution in [0.1, 0.15) is 34.6 Å². The molecule has 0 fully saturated rings. The van der Waals surface area contributed by atoms with Gasteiger partial charge in [-0.05, 0) is 42.8 Å². The number of anilines is 2. The molecule has 0 aliphatic carbocycles. The number of hydrogen-bond donors (Lipinski definition) is 1. The van der Waals surface area contributed by atoms with E-state index in [0.29, 0.717) is 30.9 Å². The van der Waals surface area contributed by atoms with Crippen molar-refractivity contribution in [1.82, 2.24) is 9.88 Å². The lowest BCUT2D eigenvalue weighted by atomic mass is 10.1. The van der Waals surface area contributed by atoms with Gasteiger partial charge < -0.3 is 15.1 Å². The highest BCUT2D eigenvalue weighted by Gasteiger charge is 2.25. The van der Waals surface area contributed by atoms with Crippen molar-refractivity contribution in [3.8, 4) is 0 Å². The second-order valence-electron chi connectivity index (χ2n) is 7.89. The number of hydrogen-bond acceptors (Lipinski definition) is 6. The molecule has 1 unspecified atom stereocenters. The van der Waals surface area contributed by atoms with E-state index in [4.69, 9.17) is 0 Å². The first-order valence-corrected chi connectivity index (χ1v) is 10.5. The first-order valence-electron chi connectivity index (χ1n) is 10.5. The summed E-state index contributed by atoms with van der Waals surface area (Å²) in [5.74, 6) is -0.220. The van der Waals surface area contributed by atoms with E-state index in [1.807, 2.05) is 56.4 Å².